The first kappa shape index (κ1) is 16.8. The predicted octanol–water partition coefficient (Wildman–Crippen LogP) is 4.82. The number of ether oxygens (including phenoxy) is 2. The van der Waals surface area contributed by atoms with E-state index in [0.29, 0.717) is 6.61 Å². The van der Waals surface area contributed by atoms with Crippen molar-refractivity contribution < 1.29 is 9.47 Å². The zero-order valence-electron chi connectivity index (χ0n) is 16.2. The second-order valence-electron chi connectivity index (χ2n) is 8.60. The molecule has 4 heteroatoms. The van der Waals surface area contributed by atoms with E-state index in [9.17, 15) is 0 Å². The van der Waals surface area contributed by atoms with Crippen molar-refractivity contribution in [3.8, 4) is 5.75 Å². The van der Waals surface area contributed by atoms with E-state index in [0.717, 1.165) is 30.7 Å². The third-order valence-corrected chi connectivity index (χ3v) is 5.98. The molecule has 0 saturated carbocycles. The van der Waals surface area contributed by atoms with Crippen LogP contribution < -0.4 is 4.74 Å². The Morgan fingerprint density at radius 3 is 2.63 bits per heavy atom. The maximum Gasteiger partial charge on any atom is 0.203 e. The monoisotopic (exact) mass is 362 g/mol. The summed E-state index contributed by atoms with van der Waals surface area (Å²) in [5.74, 6) is 0.997. The smallest absolute Gasteiger partial charge is 0.203 e. The van der Waals surface area contributed by atoms with E-state index in [2.05, 4.69) is 74.3 Å². The van der Waals surface area contributed by atoms with Gasteiger partial charge >= 0.3 is 0 Å². The first-order valence-electron chi connectivity index (χ1n) is 9.82. The number of aryl methyl sites for hydroxylation is 1. The maximum atomic E-state index is 6.65. The lowest BCUT2D eigenvalue weighted by Crippen LogP contribution is -2.60. The van der Waals surface area contributed by atoms with Gasteiger partial charge in [0.1, 0.15) is 5.75 Å². The Kier molecular flexibility index (Phi) is 3.63. The van der Waals surface area contributed by atoms with Gasteiger partial charge in [-0.05, 0) is 32.4 Å². The molecule has 2 aromatic rings. The molecule has 3 aliphatic heterocycles. The van der Waals surface area contributed by atoms with Gasteiger partial charge in [-0.25, -0.2) is 5.01 Å². The van der Waals surface area contributed by atoms with Gasteiger partial charge in [-0.15, -0.1) is 0 Å². The van der Waals surface area contributed by atoms with Gasteiger partial charge in [-0.2, -0.15) is 5.10 Å². The summed E-state index contributed by atoms with van der Waals surface area (Å²) in [4.78, 5) is 0. The van der Waals surface area contributed by atoms with Crippen LogP contribution >= 0.6 is 0 Å². The van der Waals surface area contributed by atoms with E-state index in [4.69, 9.17) is 14.6 Å². The largest absolute Gasteiger partial charge is 0.466 e. The van der Waals surface area contributed by atoms with Crippen LogP contribution in [0.1, 0.15) is 55.8 Å². The van der Waals surface area contributed by atoms with Crippen molar-refractivity contribution in [1.29, 1.82) is 0 Å². The Hall–Kier alpha value is -2.33. The van der Waals surface area contributed by atoms with Crippen LogP contribution in [-0.4, -0.2) is 28.7 Å². The van der Waals surface area contributed by atoms with Crippen LogP contribution in [-0.2, 0) is 4.74 Å². The lowest BCUT2D eigenvalue weighted by Gasteiger charge is -2.52. The Balaban J connectivity index is 1.60. The zero-order chi connectivity index (χ0) is 18.6. The molecule has 3 heterocycles. The number of rotatable bonds is 1. The minimum Gasteiger partial charge on any atom is -0.466 e. The molecule has 2 atom stereocenters. The van der Waals surface area contributed by atoms with E-state index in [1.807, 2.05) is 0 Å². The molecular formula is C23H26N2O2. The van der Waals surface area contributed by atoms with Gasteiger partial charge in [0, 0.05) is 24.8 Å². The summed E-state index contributed by atoms with van der Waals surface area (Å²) in [5, 5.41) is 7.37. The summed E-state index contributed by atoms with van der Waals surface area (Å²) in [6, 6.07) is 17.3. The lowest BCUT2D eigenvalue weighted by atomic mass is 9.86. The summed E-state index contributed by atoms with van der Waals surface area (Å²) >= 11 is 0. The zero-order valence-corrected chi connectivity index (χ0v) is 16.2. The molecule has 140 valence electrons. The summed E-state index contributed by atoms with van der Waals surface area (Å²) in [5.41, 5.74) is 4.19. The average molecular weight is 362 g/mol. The number of fused-ring (bicyclic) bond motifs is 4. The Morgan fingerprint density at radius 2 is 1.85 bits per heavy atom. The van der Waals surface area contributed by atoms with Crippen molar-refractivity contribution in [1.82, 2.24) is 5.01 Å². The molecule has 27 heavy (non-hydrogen) atoms. The number of para-hydroxylation sites is 1. The number of nitrogens with zero attached hydrogens (tertiary/aromatic N) is 2. The molecule has 3 aliphatic rings. The van der Waals surface area contributed by atoms with E-state index in [1.165, 1.54) is 16.7 Å². The fraction of sp³-hybridized carbons (Fsp3) is 0.435. The summed E-state index contributed by atoms with van der Waals surface area (Å²) in [7, 11) is 0. The van der Waals surface area contributed by atoms with Gasteiger partial charge in [-0.1, -0.05) is 48.0 Å². The lowest BCUT2D eigenvalue weighted by molar-refractivity contribution is -0.212. The second-order valence-corrected chi connectivity index (χ2v) is 8.60. The van der Waals surface area contributed by atoms with E-state index < -0.39 is 5.72 Å². The van der Waals surface area contributed by atoms with Crippen molar-refractivity contribution in [3.63, 3.8) is 0 Å². The molecule has 1 fully saturated rings. The van der Waals surface area contributed by atoms with Crippen molar-refractivity contribution >= 4 is 5.71 Å². The fourth-order valence-corrected chi connectivity index (χ4v) is 4.72. The van der Waals surface area contributed by atoms with Crippen molar-refractivity contribution in [2.75, 3.05) is 6.61 Å². The van der Waals surface area contributed by atoms with E-state index in [1.54, 1.807) is 0 Å². The van der Waals surface area contributed by atoms with E-state index >= 15 is 0 Å². The van der Waals surface area contributed by atoms with Crippen LogP contribution in [0.4, 0.5) is 0 Å². The molecule has 0 aliphatic carbocycles. The molecule has 5 rings (SSSR count). The Bertz CT molecular complexity index is 903. The summed E-state index contributed by atoms with van der Waals surface area (Å²) in [6.07, 6.45) is 2.54. The van der Waals surface area contributed by atoms with Crippen LogP contribution in [0.2, 0.25) is 0 Å². The second kappa shape index (κ2) is 5.83. The minimum absolute atomic E-state index is 0.222. The van der Waals surface area contributed by atoms with Gasteiger partial charge in [0.15, 0.2) is 0 Å². The molecule has 0 N–H and O–H groups in total. The quantitative estimate of drug-likeness (QED) is 0.729. The van der Waals surface area contributed by atoms with Crippen molar-refractivity contribution in [2.24, 2.45) is 5.10 Å². The minimum atomic E-state index is -0.437. The normalized spacial score (nSPS) is 28.3. The first-order valence-corrected chi connectivity index (χ1v) is 9.82. The molecule has 1 spiro atoms. The molecule has 4 nitrogen and oxygen atoms in total. The highest BCUT2D eigenvalue weighted by Crippen LogP contribution is 2.51. The molecule has 2 aromatic carbocycles. The van der Waals surface area contributed by atoms with Crippen LogP contribution in [0, 0.1) is 6.92 Å². The molecule has 0 radical (unpaired) electrons. The molecule has 1 saturated heterocycles. The molecule has 0 aromatic heterocycles. The highest BCUT2D eigenvalue weighted by molar-refractivity contribution is 6.02. The highest BCUT2D eigenvalue weighted by atomic mass is 16.5. The third-order valence-electron chi connectivity index (χ3n) is 5.98. The number of benzene rings is 2. The topological polar surface area (TPSA) is 34.1 Å². The summed E-state index contributed by atoms with van der Waals surface area (Å²) < 4.78 is 12.7. The SMILES string of the molecule is Cc1ccc(C2=NN3[C@H](C2)c2ccccc2O[C@@]32CCOC(C)(C)C2)cc1. The first-order chi connectivity index (χ1) is 13.0. The number of hydrogen-bond donors (Lipinski definition) is 0. The van der Waals surface area contributed by atoms with Gasteiger partial charge in [0.25, 0.3) is 0 Å². The van der Waals surface area contributed by atoms with Gasteiger partial charge in [-0.3, -0.25) is 0 Å². The number of hydrogen-bond acceptors (Lipinski definition) is 4. The van der Waals surface area contributed by atoms with Crippen LogP contribution in [0.5, 0.6) is 5.75 Å². The number of hydrazone groups is 1. The highest BCUT2D eigenvalue weighted by Gasteiger charge is 2.54. The van der Waals surface area contributed by atoms with Crippen LogP contribution in [0.25, 0.3) is 0 Å². The maximum absolute atomic E-state index is 6.65. The van der Waals surface area contributed by atoms with Crippen molar-refractivity contribution in [2.45, 2.75) is 57.4 Å². The summed E-state index contributed by atoms with van der Waals surface area (Å²) in [6.45, 7) is 7.10. The predicted molar refractivity (Wildman–Crippen MR) is 106 cm³/mol. The Labute approximate surface area is 160 Å². The van der Waals surface area contributed by atoms with Gasteiger partial charge < -0.3 is 9.47 Å². The van der Waals surface area contributed by atoms with Gasteiger partial charge in [0.2, 0.25) is 5.72 Å². The van der Waals surface area contributed by atoms with Gasteiger partial charge in [0.05, 0.1) is 24.0 Å². The van der Waals surface area contributed by atoms with Crippen LogP contribution in [0.15, 0.2) is 53.6 Å². The fourth-order valence-electron chi connectivity index (χ4n) is 4.72. The molecule has 0 bridgehead atoms. The third kappa shape index (κ3) is 2.74. The van der Waals surface area contributed by atoms with Crippen molar-refractivity contribution in [3.05, 3.63) is 65.2 Å². The Morgan fingerprint density at radius 1 is 1.07 bits per heavy atom. The molecule has 0 unspecified atom stereocenters. The average Bonchev–Trinajstić information content (AvgIpc) is 3.08. The van der Waals surface area contributed by atoms with E-state index in [-0.39, 0.29) is 11.6 Å². The molecule has 0 amide bonds. The molecular weight excluding hydrogens is 336 g/mol. The van der Waals surface area contributed by atoms with Crippen LogP contribution in [0.3, 0.4) is 0 Å². The standard InChI is InChI=1S/C23H26N2O2/c1-16-8-10-17(11-9-16)19-14-20-18-6-4-5-7-21(18)27-23(25(20)24-19)12-13-26-22(2,3)15-23/h4-11,20H,12-15H2,1-3H3/t20-,23-/m1/s1.